The van der Waals surface area contributed by atoms with E-state index in [-0.39, 0.29) is 17.1 Å². The number of aromatic amines is 1. The maximum Gasteiger partial charge on any atom is 0.202 e. The fourth-order valence-corrected chi connectivity index (χ4v) is 2.27. The first kappa shape index (κ1) is 11.9. The zero-order valence-electron chi connectivity index (χ0n) is 9.81. The number of benzene rings is 1. The summed E-state index contributed by atoms with van der Waals surface area (Å²) in [4.78, 5) is 15.5. The van der Waals surface area contributed by atoms with Gasteiger partial charge in [0, 0.05) is 12.3 Å². The Labute approximate surface area is 113 Å². The topological polar surface area (TPSA) is 66.2 Å². The van der Waals surface area contributed by atoms with Crippen LogP contribution >= 0.6 is 11.6 Å². The highest BCUT2D eigenvalue weighted by Gasteiger charge is 2.16. The molecular weight excluding hydrogens is 266 g/mol. The maximum absolute atomic E-state index is 12.5. The normalized spacial score (nSPS) is 11.0. The molecule has 0 atom stereocenters. The Morgan fingerprint density at radius 2 is 2.16 bits per heavy atom. The van der Waals surface area contributed by atoms with Crippen molar-refractivity contribution in [1.82, 2.24) is 4.98 Å². The second kappa shape index (κ2) is 4.48. The van der Waals surface area contributed by atoms with E-state index in [0.717, 1.165) is 0 Å². The lowest BCUT2D eigenvalue weighted by Gasteiger charge is -2.06. The second-order valence-electron chi connectivity index (χ2n) is 4.13. The zero-order chi connectivity index (χ0) is 13.4. The fraction of sp³-hybridized carbons (Fsp3) is 0.0714. The van der Waals surface area contributed by atoms with Gasteiger partial charge in [-0.1, -0.05) is 0 Å². The Kier molecular flexibility index (Phi) is 2.80. The van der Waals surface area contributed by atoms with Gasteiger partial charge < -0.3 is 14.5 Å². The van der Waals surface area contributed by atoms with Crippen molar-refractivity contribution in [3.05, 3.63) is 52.5 Å². The van der Waals surface area contributed by atoms with Crippen LogP contribution in [0.25, 0.3) is 22.2 Å². The lowest BCUT2D eigenvalue weighted by Crippen LogP contribution is -2.08. The summed E-state index contributed by atoms with van der Waals surface area (Å²) in [6.45, 7) is 0. The monoisotopic (exact) mass is 275 g/mol. The molecule has 0 aliphatic heterocycles. The van der Waals surface area contributed by atoms with Crippen LogP contribution in [0.5, 0.6) is 5.75 Å². The van der Waals surface area contributed by atoms with Crippen molar-refractivity contribution >= 4 is 22.6 Å². The average molecular weight is 276 g/mol. The summed E-state index contributed by atoms with van der Waals surface area (Å²) in [6, 6.07) is 7.99. The van der Waals surface area contributed by atoms with Gasteiger partial charge in [0.2, 0.25) is 5.43 Å². The number of fused-ring (bicyclic) bond motifs is 1. The molecule has 0 aliphatic rings. The molecule has 19 heavy (non-hydrogen) atoms. The predicted molar refractivity (Wildman–Crippen MR) is 73.5 cm³/mol. The van der Waals surface area contributed by atoms with E-state index in [0.29, 0.717) is 28.0 Å². The number of hydrogen-bond donors (Lipinski definition) is 2. The molecule has 0 aliphatic carbocycles. The van der Waals surface area contributed by atoms with Crippen molar-refractivity contribution in [3.8, 4) is 17.0 Å². The fourth-order valence-electron chi connectivity index (χ4n) is 2.08. The van der Waals surface area contributed by atoms with E-state index in [2.05, 4.69) is 4.98 Å². The highest BCUT2D eigenvalue weighted by atomic mass is 35.5. The van der Waals surface area contributed by atoms with E-state index >= 15 is 0 Å². The summed E-state index contributed by atoms with van der Waals surface area (Å²) in [6.07, 6.45) is 1.73. The standard InChI is InChI=1S/C14H10ClNO3/c15-7-12-13(10-2-1-5-16-10)14(18)9-4-3-8(17)6-11(9)19-12/h1-6,16-17H,7H2. The molecule has 1 aromatic carbocycles. The van der Waals surface area contributed by atoms with Crippen molar-refractivity contribution in [2.75, 3.05) is 0 Å². The van der Waals surface area contributed by atoms with Gasteiger partial charge in [0.1, 0.15) is 17.1 Å². The molecule has 2 N–H and O–H groups in total. The molecule has 0 bridgehead atoms. The van der Waals surface area contributed by atoms with E-state index < -0.39 is 0 Å². The van der Waals surface area contributed by atoms with E-state index in [9.17, 15) is 9.90 Å². The number of alkyl halides is 1. The average Bonchev–Trinajstić information content (AvgIpc) is 2.91. The molecule has 3 aromatic rings. The highest BCUT2D eigenvalue weighted by Crippen LogP contribution is 2.26. The summed E-state index contributed by atoms with van der Waals surface area (Å²) < 4.78 is 5.62. The molecule has 0 amide bonds. The Hall–Kier alpha value is -2.20. The smallest absolute Gasteiger partial charge is 0.202 e. The van der Waals surface area contributed by atoms with Crippen molar-refractivity contribution in [1.29, 1.82) is 0 Å². The first-order valence-corrected chi connectivity index (χ1v) is 6.22. The molecule has 0 radical (unpaired) electrons. The molecule has 0 fully saturated rings. The van der Waals surface area contributed by atoms with Gasteiger partial charge in [0.05, 0.1) is 22.5 Å². The third kappa shape index (κ3) is 1.90. The van der Waals surface area contributed by atoms with Crippen molar-refractivity contribution in [2.24, 2.45) is 0 Å². The molecule has 0 unspecified atom stereocenters. The van der Waals surface area contributed by atoms with Gasteiger partial charge in [-0.3, -0.25) is 4.79 Å². The van der Waals surface area contributed by atoms with Gasteiger partial charge in [-0.2, -0.15) is 0 Å². The summed E-state index contributed by atoms with van der Waals surface area (Å²) in [7, 11) is 0. The minimum atomic E-state index is -0.167. The molecule has 0 saturated carbocycles. The van der Waals surface area contributed by atoms with Crippen LogP contribution in [0.3, 0.4) is 0 Å². The van der Waals surface area contributed by atoms with Crippen LogP contribution in [0.15, 0.2) is 45.7 Å². The van der Waals surface area contributed by atoms with E-state index in [4.69, 9.17) is 16.0 Å². The lowest BCUT2D eigenvalue weighted by atomic mass is 10.1. The van der Waals surface area contributed by atoms with Gasteiger partial charge in [-0.15, -0.1) is 11.6 Å². The minimum absolute atomic E-state index is 0.0452. The number of rotatable bonds is 2. The first-order valence-electron chi connectivity index (χ1n) is 5.69. The SMILES string of the molecule is O=c1c(-c2ccc[nH]2)c(CCl)oc2cc(O)ccc12. The number of phenols is 1. The van der Waals surface area contributed by atoms with Crippen molar-refractivity contribution < 1.29 is 9.52 Å². The third-order valence-corrected chi connectivity index (χ3v) is 3.18. The molecule has 0 spiro atoms. The van der Waals surface area contributed by atoms with E-state index in [1.165, 1.54) is 12.1 Å². The van der Waals surface area contributed by atoms with Crippen LogP contribution in [0.1, 0.15) is 5.76 Å². The van der Waals surface area contributed by atoms with Gasteiger partial charge in [0.25, 0.3) is 0 Å². The quantitative estimate of drug-likeness (QED) is 0.706. The molecule has 0 saturated heterocycles. The Bertz CT molecular complexity index is 790. The zero-order valence-corrected chi connectivity index (χ0v) is 10.6. The largest absolute Gasteiger partial charge is 0.508 e. The Morgan fingerprint density at radius 1 is 1.32 bits per heavy atom. The van der Waals surface area contributed by atoms with Crippen LogP contribution in [-0.2, 0) is 5.88 Å². The highest BCUT2D eigenvalue weighted by molar-refractivity contribution is 6.17. The molecule has 2 heterocycles. The van der Waals surface area contributed by atoms with Crippen LogP contribution in [0.2, 0.25) is 0 Å². The van der Waals surface area contributed by atoms with Gasteiger partial charge >= 0.3 is 0 Å². The van der Waals surface area contributed by atoms with Gasteiger partial charge in [-0.25, -0.2) is 0 Å². The van der Waals surface area contributed by atoms with E-state index in [1.807, 2.05) is 0 Å². The maximum atomic E-state index is 12.5. The first-order chi connectivity index (χ1) is 9.20. The third-order valence-electron chi connectivity index (χ3n) is 2.94. The van der Waals surface area contributed by atoms with Crippen LogP contribution in [0.4, 0.5) is 0 Å². The minimum Gasteiger partial charge on any atom is -0.508 e. The number of hydrogen-bond acceptors (Lipinski definition) is 3. The lowest BCUT2D eigenvalue weighted by molar-refractivity contribution is 0.473. The summed E-state index contributed by atoms with van der Waals surface area (Å²) in [5, 5.41) is 9.85. The van der Waals surface area contributed by atoms with Crippen molar-refractivity contribution in [2.45, 2.75) is 5.88 Å². The predicted octanol–water partition coefficient (Wildman–Crippen LogP) is 3.23. The van der Waals surface area contributed by atoms with Crippen LogP contribution in [-0.4, -0.2) is 10.1 Å². The molecule has 3 rings (SSSR count). The molecule has 4 nitrogen and oxygen atoms in total. The van der Waals surface area contributed by atoms with Crippen LogP contribution in [0, 0.1) is 0 Å². The van der Waals surface area contributed by atoms with E-state index in [1.54, 1.807) is 24.4 Å². The number of aromatic hydroxyl groups is 1. The number of phenolic OH excluding ortho intramolecular Hbond substituents is 1. The molecule has 5 heteroatoms. The molecule has 96 valence electrons. The summed E-state index contributed by atoms with van der Waals surface area (Å²) in [5.41, 5.74) is 1.26. The number of nitrogens with one attached hydrogen (secondary N) is 1. The van der Waals surface area contributed by atoms with Gasteiger partial charge in [-0.05, 0) is 24.3 Å². The number of halogens is 1. The van der Waals surface area contributed by atoms with Crippen LogP contribution < -0.4 is 5.43 Å². The Balaban J connectivity index is 2.42. The Morgan fingerprint density at radius 3 is 2.84 bits per heavy atom. The van der Waals surface area contributed by atoms with Crippen molar-refractivity contribution in [3.63, 3.8) is 0 Å². The molecule has 2 aromatic heterocycles. The van der Waals surface area contributed by atoms with Gasteiger partial charge in [0.15, 0.2) is 0 Å². The number of H-pyrrole nitrogens is 1. The summed E-state index contributed by atoms with van der Waals surface area (Å²) in [5.74, 6) is 0.505. The number of aromatic nitrogens is 1. The molecular formula is C14H10ClNO3. The summed E-state index contributed by atoms with van der Waals surface area (Å²) >= 11 is 5.85. The second-order valence-corrected chi connectivity index (χ2v) is 4.39.